The van der Waals surface area contributed by atoms with E-state index in [1.54, 1.807) is 24.5 Å². The molecule has 6 nitrogen and oxygen atoms in total. The van der Waals surface area contributed by atoms with E-state index in [0.717, 1.165) is 11.1 Å². The highest BCUT2D eigenvalue weighted by atomic mass is 16.4. The van der Waals surface area contributed by atoms with Gasteiger partial charge in [-0.3, -0.25) is 4.79 Å². The molecule has 0 radical (unpaired) electrons. The second-order valence-corrected chi connectivity index (χ2v) is 5.52. The zero-order valence-corrected chi connectivity index (χ0v) is 12.9. The van der Waals surface area contributed by atoms with Crippen LogP contribution in [0.2, 0.25) is 0 Å². The minimum Gasteiger partial charge on any atom is -0.480 e. The number of benzene rings is 2. The number of hydrogen-bond donors (Lipinski definition) is 3. The van der Waals surface area contributed by atoms with Crippen molar-refractivity contribution in [3.63, 3.8) is 0 Å². The van der Waals surface area contributed by atoms with Crippen LogP contribution in [0.25, 0.3) is 11.0 Å². The highest BCUT2D eigenvalue weighted by Crippen LogP contribution is 2.12. The molecule has 1 atom stereocenters. The van der Waals surface area contributed by atoms with Gasteiger partial charge in [0.05, 0.1) is 17.4 Å². The Morgan fingerprint density at radius 2 is 1.96 bits per heavy atom. The predicted octanol–water partition coefficient (Wildman–Crippen LogP) is 2.38. The van der Waals surface area contributed by atoms with E-state index in [9.17, 15) is 14.7 Å². The Balaban J connectivity index is 1.68. The van der Waals surface area contributed by atoms with Crippen molar-refractivity contribution in [1.82, 2.24) is 15.3 Å². The molecule has 0 spiro atoms. The van der Waals surface area contributed by atoms with E-state index in [1.165, 1.54) is 0 Å². The van der Waals surface area contributed by atoms with Crippen LogP contribution < -0.4 is 5.32 Å². The van der Waals surface area contributed by atoms with Crippen molar-refractivity contribution in [1.29, 1.82) is 0 Å². The lowest BCUT2D eigenvalue weighted by Gasteiger charge is -2.14. The van der Waals surface area contributed by atoms with Crippen LogP contribution in [0.5, 0.6) is 0 Å². The van der Waals surface area contributed by atoms with Crippen LogP contribution in [0.4, 0.5) is 0 Å². The van der Waals surface area contributed by atoms with Crippen molar-refractivity contribution in [2.24, 2.45) is 0 Å². The summed E-state index contributed by atoms with van der Waals surface area (Å²) in [5, 5.41) is 11.9. The zero-order chi connectivity index (χ0) is 16.9. The summed E-state index contributed by atoms with van der Waals surface area (Å²) in [5.74, 6) is -1.46. The quantitative estimate of drug-likeness (QED) is 0.649. The molecule has 3 rings (SSSR count). The molecule has 3 N–H and O–H groups in total. The summed E-state index contributed by atoms with van der Waals surface area (Å²) in [5.41, 5.74) is 2.92. The summed E-state index contributed by atoms with van der Waals surface area (Å²) in [6, 6.07) is 13.7. The first-order chi connectivity index (χ1) is 11.6. The molecule has 122 valence electrons. The number of carboxylic acids is 1. The lowest BCUT2D eigenvalue weighted by atomic mass is 10.0. The summed E-state index contributed by atoms with van der Waals surface area (Å²) in [4.78, 5) is 30.8. The fourth-order valence-electron chi connectivity index (χ4n) is 2.53. The number of fused-ring (bicyclic) bond motifs is 1. The summed E-state index contributed by atoms with van der Waals surface area (Å²) in [6.07, 6.45) is 2.46. The van der Waals surface area contributed by atoms with Gasteiger partial charge in [-0.1, -0.05) is 30.3 Å². The number of nitrogens with zero attached hydrogens (tertiary/aromatic N) is 1. The first-order valence-corrected chi connectivity index (χ1v) is 7.64. The third kappa shape index (κ3) is 3.60. The van der Waals surface area contributed by atoms with Crippen molar-refractivity contribution in [3.8, 4) is 0 Å². The van der Waals surface area contributed by atoms with E-state index in [2.05, 4.69) is 15.3 Å². The summed E-state index contributed by atoms with van der Waals surface area (Å²) in [6.45, 7) is 0. The molecule has 0 saturated carbocycles. The van der Waals surface area contributed by atoms with Crippen molar-refractivity contribution in [2.75, 3.05) is 0 Å². The van der Waals surface area contributed by atoms with Gasteiger partial charge in [-0.15, -0.1) is 0 Å². The van der Waals surface area contributed by atoms with Crippen LogP contribution in [0, 0.1) is 0 Å². The van der Waals surface area contributed by atoms with Crippen molar-refractivity contribution in [2.45, 2.75) is 18.9 Å². The molecule has 1 heterocycles. The maximum Gasteiger partial charge on any atom is 0.326 e. The van der Waals surface area contributed by atoms with Crippen molar-refractivity contribution in [3.05, 3.63) is 66.0 Å². The Labute approximate surface area is 138 Å². The normalized spacial score (nSPS) is 12.0. The van der Waals surface area contributed by atoms with Crippen LogP contribution in [0.3, 0.4) is 0 Å². The number of rotatable bonds is 6. The third-order valence-corrected chi connectivity index (χ3v) is 3.85. The van der Waals surface area contributed by atoms with Gasteiger partial charge >= 0.3 is 5.97 Å². The van der Waals surface area contributed by atoms with Gasteiger partial charge in [0, 0.05) is 5.56 Å². The molecule has 0 saturated heterocycles. The maximum atomic E-state index is 12.3. The molecule has 1 unspecified atom stereocenters. The average molecular weight is 323 g/mol. The number of carbonyl (C=O) groups excluding carboxylic acids is 1. The Kier molecular flexibility index (Phi) is 4.56. The minimum atomic E-state index is -1.04. The molecule has 1 amide bonds. The van der Waals surface area contributed by atoms with Gasteiger partial charge in [0.25, 0.3) is 5.91 Å². The number of aromatic amines is 1. The lowest BCUT2D eigenvalue weighted by Crippen LogP contribution is -2.41. The van der Waals surface area contributed by atoms with Gasteiger partial charge in [-0.05, 0) is 36.6 Å². The molecule has 6 heteroatoms. The Bertz CT molecular complexity index is 858. The second-order valence-electron chi connectivity index (χ2n) is 5.52. The molecule has 24 heavy (non-hydrogen) atoms. The molecule has 0 aliphatic rings. The zero-order valence-electron chi connectivity index (χ0n) is 12.9. The predicted molar refractivity (Wildman–Crippen MR) is 89.7 cm³/mol. The lowest BCUT2D eigenvalue weighted by molar-refractivity contribution is -0.139. The number of hydrogen-bond acceptors (Lipinski definition) is 3. The van der Waals surface area contributed by atoms with Gasteiger partial charge in [0.1, 0.15) is 6.04 Å². The number of nitrogens with one attached hydrogen (secondary N) is 2. The van der Waals surface area contributed by atoms with Crippen LogP contribution >= 0.6 is 0 Å². The average Bonchev–Trinajstić information content (AvgIpc) is 3.06. The maximum absolute atomic E-state index is 12.3. The largest absolute Gasteiger partial charge is 0.480 e. The van der Waals surface area contributed by atoms with Crippen LogP contribution in [-0.2, 0) is 11.2 Å². The van der Waals surface area contributed by atoms with Crippen molar-refractivity contribution < 1.29 is 14.7 Å². The highest BCUT2D eigenvalue weighted by Gasteiger charge is 2.20. The molecule has 0 fully saturated rings. The number of carboxylic acid groups (broad SMARTS) is 1. The molecule has 1 aromatic heterocycles. The summed E-state index contributed by atoms with van der Waals surface area (Å²) < 4.78 is 0. The number of imidazole rings is 1. The van der Waals surface area contributed by atoms with E-state index in [-0.39, 0.29) is 0 Å². The van der Waals surface area contributed by atoms with Gasteiger partial charge in [-0.2, -0.15) is 0 Å². The molecule has 0 aliphatic heterocycles. The molecular weight excluding hydrogens is 306 g/mol. The first kappa shape index (κ1) is 15.7. The third-order valence-electron chi connectivity index (χ3n) is 3.85. The Morgan fingerprint density at radius 3 is 2.71 bits per heavy atom. The summed E-state index contributed by atoms with van der Waals surface area (Å²) >= 11 is 0. The summed E-state index contributed by atoms with van der Waals surface area (Å²) in [7, 11) is 0. The minimum absolute atomic E-state index is 0.329. The second kappa shape index (κ2) is 6.95. The van der Waals surface area contributed by atoms with Gasteiger partial charge in [0.15, 0.2) is 0 Å². The van der Waals surface area contributed by atoms with Gasteiger partial charge < -0.3 is 15.4 Å². The smallest absolute Gasteiger partial charge is 0.326 e. The van der Waals surface area contributed by atoms with Crippen LogP contribution in [-0.4, -0.2) is 33.0 Å². The SMILES string of the molecule is O=C(NC(CCc1ccccc1)C(=O)O)c1ccc2[nH]cnc2c1. The van der Waals surface area contributed by atoms with Crippen molar-refractivity contribution >= 4 is 22.9 Å². The molecule has 3 aromatic rings. The van der Waals surface area contributed by atoms with Crippen LogP contribution in [0.1, 0.15) is 22.3 Å². The molecule has 0 bridgehead atoms. The first-order valence-electron chi connectivity index (χ1n) is 7.64. The van der Waals surface area contributed by atoms with Crippen LogP contribution in [0.15, 0.2) is 54.9 Å². The number of amides is 1. The van der Waals surface area contributed by atoms with E-state index in [4.69, 9.17) is 0 Å². The van der Waals surface area contributed by atoms with E-state index in [0.29, 0.717) is 23.9 Å². The number of carbonyl (C=O) groups is 2. The fraction of sp³-hybridized carbons (Fsp3) is 0.167. The highest BCUT2D eigenvalue weighted by molar-refractivity contribution is 5.99. The van der Waals surface area contributed by atoms with E-state index in [1.807, 2.05) is 30.3 Å². The number of aliphatic carboxylic acids is 1. The topological polar surface area (TPSA) is 95.1 Å². The van der Waals surface area contributed by atoms with E-state index < -0.39 is 17.9 Å². The standard InChI is InChI=1S/C18H17N3O3/c22-17(13-7-9-14-16(10-13)20-11-19-14)21-15(18(23)24)8-6-12-4-2-1-3-5-12/h1-5,7,9-11,15H,6,8H2,(H,19,20)(H,21,22)(H,23,24). The number of aromatic nitrogens is 2. The van der Waals surface area contributed by atoms with E-state index >= 15 is 0 Å². The molecule has 2 aromatic carbocycles. The Hall–Kier alpha value is -3.15. The monoisotopic (exact) mass is 323 g/mol. The molecular formula is C18H17N3O3. The molecule has 0 aliphatic carbocycles. The van der Waals surface area contributed by atoms with Gasteiger partial charge in [-0.25, -0.2) is 9.78 Å². The number of aryl methyl sites for hydroxylation is 1. The Morgan fingerprint density at radius 1 is 1.17 bits per heavy atom. The fourth-order valence-corrected chi connectivity index (χ4v) is 2.53. The van der Waals surface area contributed by atoms with Gasteiger partial charge in [0.2, 0.25) is 0 Å². The number of H-pyrrole nitrogens is 1.